The first-order chi connectivity index (χ1) is 12.2. The Kier molecular flexibility index (Phi) is 5.61. The van der Waals surface area contributed by atoms with Gasteiger partial charge in [0.25, 0.3) is 5.91 Å². The predicted molar refractivity (Wildman–Crippen MR) is 95.7 cm³/mol. The van der Waals surface area contributed by atoms with Gasteiger partial charge in [0.05, 0.1) is 0 Å². The SMILES string of the molecule is O=C(COC(=O)c1ccccn1)Nc1ccc(N2CCCCC2)cc1. The van der Waals surface area contributed by atoms with Gasteiger partial charge < -0.3 is 15.0 Å². The zero-order chi connectivity index (χ0) is 17.5. The van der Waals surface area contributed by atoms with Crippen molar-refractivity contribution in [3.63, 3.8) is 0 Å². The van der Waals surface area contributed by atoms with Crippen LogP contribution in [0.15, 0.2) is 48.7 Å². The Morgan fingerprint density at radius 2 is 1.80 bits per heavy atom. The van der Waals surface area contributed by atoms with E-state index in [0.29, 0.717) is 5.69 Å². The van der Waals surface area contributed by atoms with E-state index in [1.165, 1.54) is 31.1 Å². The fourth-order valence-corrected chi connectivity index (χ4v) is 2.79. The summed E-state index contributed by atoms with van der Waals surface area (Å²) in [6.07, 6.45) is 5.24. The lowest BCUT2D eigenvalue weighted by Gasteiger charge is -2.28. The van der Waals surface area contributed by atoms with Crippen LogP contribution in [0.4, 0.5) is 11.4 Å². The van der Waals surface area contributed by atoms with E-state index in [-0.39, 0.29) is 18.2 Å². The monoisotopic (exact) mass is 339 g/mol. The molecule has 2 heterocycles. The first-order valence-corrected chi connectivity index (χ1v) is 8.45. The van der Waals surface area contributed by atoms with Crippen molar-refractivity contribution in [2.24, 2.45) is 0 Å². The number of carbonyl (C=O) groups excluding carboxylic acids is 2. The number of esters is 1. The standard InChI is InChI=1S/C19H21N3O3/c23-18(14-25-19(24)17-6-2-3-11-20-17)21-15-7-9-16(10-8-15)22-12-4-1-5-13-22/h2-3,6-11H,1,4-5,12-14H2,(H,21,23). The highest BCUT2D eigenvalue weighted by Gasteiger charge is 2.12. The molecule has 0 saturated carbocycles. The molecule has 6 heteroatoms. The van der Waals surface area contributed by atoms with Crippen molar-refractivity contribution >= 4 is 23.3 Å². The van der Waals surface area contributed by atoms with Crippen molar-refractivity contribution in [3.8, 4) is 0 Å². The van der Waals surface area contributed by atoms with E-state index in [9.17, 15) is 9.59 Å². The molecule has 3 rings (SSSR count). The van der Waals surface area contributed by atoms with E-state index in [1.807, 2.05) is 24.3 Å². The molecule has 2 aromatic rings. The summed E-state index contributed by atoms with van der Waals surface area (Å²) in [4.78, 5) is 29.9. The number of nitrogens with zero attached hydrogens (tertiary/aromatic N) is 2. The maximum atomic E-state index is 11.9. The summed E-state index contributed by atoms with van der Waals surface area (Å²) in [6, 6.07) is 12.7. The number of ether oxygens (including phenoxy) is 1. The molecule has 0 radical (unpaired) electrons. The average Bonchev–Trinajstić information content (AvgIpc) is 2.68. The van der Waals surface area contributed by atoms with Crippen LogP contribution in [0.2, 0.25) is 0 Å². The number of pyridine rings is 1. The third-order valence-electron chi connectivity index (χ3n) is 4.08. The van der Waals surface area contributed by atoms with Crippen molar-refractivity contribution in [3.05, 3.63) is 54.4 Å². The van der Waals surface area contributed by atoms with Crippen LogP contribution in [0, 0.1) is 0 Å². The van der Waals surface area contributed by atoms with Gasteiger partial charge in [0.1, 0.15) is 5.69 Å². The molecular weight excluding hydrogens is 318 g/mol. The molecule has 1 N–H and O–H groups in total. The second-order valence-electron chi connectivity index (χ2n) is 5.93. The van der Waals surface area contributed by atoms with Crippen LogP contribution in [-0.4, -0.2) is 36.6 Å². The molecule has 1 amide bonds. The zero-order valence-corrected chi connectivity index (χ0v) is 14.0. The van der Waals surface area contributed by atoms with Crippen molar-refractivity contribution in [2.45, 2.75) is 19.3 Å². The van der Waals surface area contributed by atoms with Gasteiger partial charge in [0, 0.05) is 30.7 Å². The number of nitrogens with one attached hydrogen (secondary N) is 1. The Bertz CT molecular complexity index is 710. The van der Waals surface area contributed by atoms with Crippen molar-refractivity contribution < 1.29 is 14.3 Å². The molecule has 1 aliphatic heterocycles. The molecule has 1 saturated heterocycles. The van der Waals surface area contributed by atoms with E-state index in [4.69, 9.17) is 4.74 Å². The van der Waals surface area contributed by atoms with Gasteiger partial charge in [-0.15, -0.1) is 0 Å². The quantitative estimate of drug-likeness (QED) is 0.848. The predicted octanol–water partition coefficient (Wildman–Crippen LogP) is 2.87. The molecule has 6 nitrogen and oxygen atoms in total. The number of rotatable bonds is 5. The third-order valence-corrected chi connectivity index (χ3v) is 4.08. The Balaban J connectivity index is 1.48. The summed E-state index contributed by atoms with van der Waals surface area (Å²) in [6.45, 7) is 1.81. The smallest absolute Gasteiger partial charge is 0.357 e. The maximum Gasteiger partial charge on any atom is 0.357 e. The van der Waals surface area contributed by atoms with Crippen LogP contribution in [0.25, 0.3) is 0 Å². The Hall–Kier alpha value is -2.89. The maximum absolute atomic E-state index is 11.9. The molecule has 1 aliphatic rings. The van der Waals surface area contributed by atoms with E-state index in [1.54, 1.807) is 18.2 Å². The highest BCUT2D eigenvalue weighted by atomic mass is 16.5. The topological polar surface area (TPSA) is 71.5 Å². The van der Waals surface area contributed by atoms with Crippen LogP contribution < -0.4 is 10.2 Å². The number of hydrogen-bond donors (Lipinski definition) is 1. The summed E-state index contributed by atoms with van der Waals surface area (Å²) in [5, 5.41) is 2.72. The molecule has 130 valence electrons. The fourth-order valence-electron chi connectivity index (χ4n) is 2.79. The molecule has 0 bridgehead atoms. The largest absolute Gasteiger partial charge is 0.451 e. The number of anilines is 2. The summed E-state index contributed by atoms with van der Waals surface area (Å²) in [7, 11) is 0. The van der Waals surface area contributed by atoms with E-state index >= 15 is 0 Å². The molecule has 0 aliphatic carbocycles. The average molecular weight is 339 g/mol. The number of piperidine rings is 1. The van der Waals surface area contributed by atoms with E-state index in [0.717, 1.165) is 13.1 Å². The fraction of sp³-hybridized carbons (Fsp3) is 0.316. The van der Waals surface area contributed by atoms with E-state index < -0.39 is 5.97 Å². The van der Waals surface area contributed by atoms with Crippen LogP contribution in [-0.2, 0) is 9.53 Å². The summed E-state index contributed by atoms with van der Waals surface area (Å²) in [5.74, 6) is -0.994. The van der Waals surface area contributed by atoms with Gasteiger partial charge in [0.15, 0.2) is 6.61 Å². The molecule has 25 heavy (non-hydrogen) atoms. The van der Waals surface area contributed by atoms with Gasteiger partial charge in [-0.1, -0.05) is 6.07 Å². The number of amides is 1. The van der Waals surface area contributed by atoms with Crippen LogP contribution in [0.5, 0.6) is 0 Å². The Morgan fingerprint density at radius 1 is 1.04 bits per heavy atom. The normalized spacial score (nSPS) is 14.0. The van der Waals surface area contributed by atoms with Gasteiger partial charge in [0.2, 0.25) is 0 Å². The van der Waals surface area contributed by atoms with Gasteiger partial charge in [-0.05, 0) is 55.7 Å². The van der Waals surface area contributed by atoms with Crippen molar-refractivity contribution in [2.75, 3.05) is 29.9 Å². The Labute approximate surface area is 146 Å². The first kappa shape index (κ1) is 17.0. The first-order valence-electron chi connectivity index (χ1n) is 8.45. The second-order valence-corrected chi connectivity index (χ2v) is 5.93. The summed E-state index contributed by atoms with van der Waals surface area (Å²) < 4.78 is 4.96. The zero-order valence-electron chi connectivity index (χ0n) is 14.0. The molecule has 1 fully saturated rings. The van der Waals surface area contributed by atoms with Crippen LogP contribution in [0.1, 0.15) is 29.8 Å². The highest BCUT2D eigenvalue weighted by Crippen LogP contribution is 2.21. The minimum Gasteiger partial charge on any atom is -0.451 e. The summed E-state index contributed by atoms with van der Waals surface area (Å²) >= 11 is 0. The lowest BCUT2D eigenvalue weighted by atomic mass is 10.1. The number of aromatic nitrogens is 1. The number of hydrogen-bond acceptors (Lipinski definition) is 5. The minimum absolute atomic E-state index is 0.182. The third kappa shape index (κ3) is 4.79. The highest BCUT2D eigenvalue weighted by molar-refractivity contribution is 5.94. The van der Waals surface area contributed by atoms with Gasteiger partial charge in [-0.2, -0.15) is 0 Å². The molecular formula is C19H21N3O3. The number of carbonyl (C=O) groups is 2. The second kappa shape index (κ2) is 8.28. The van der Waals surface area contributed by atoms with E-state index in [2.05, 4.69) is 15.2 Å². The summed E-state index contributed by atoms with van der Waals surface area (Å²) in [5.41, 5.74) is 2.03. The van der Waals surface area contributed by atoms with Crippen LogP contribution in [0.3, 0.4) is 0 Å². The van der Waals surface area contributed by atoms with Crippen molar-refractivity contribution in [1.29, 1.82) is 0 Å². The van der Waals surface area contributed by atoms with Crippen LogP contribution >= 0.6 is 0 Å². The molecule has 1 aromatic carbocycles. The van der Waals surface area contributed by atoms with Crippen molar-refractivity contribution in [1.82, 2.24) is 4.98 Å². The minimum atomic E-state index is -0.615. The lowest BCUT2D eigenvalue weighted by Crippen LogP contribution is -2.29. The Morgan fingerprint density at radius 3 is 2.48 bits per heavy atom. The molecule has 0 atom stereocenters. The van der Waals surface area contributed by atoms with Gasteiger partial charge in [-0.25, -0.2) is 9.78 Å². The lowest BCUT2D eigenvalue weighted by molar-refractivity contribution is -0.119. The molecule has 0 spiro atoms. The van der Waals surface area contributed by atoms with Gasteiger partial charge in [-0.3, -0.25) is 4.79 Å². The molecule has 0 unspecified atom stereocenters. The number of benzene rings is 1. The molecule has 1 aromatic heterocycles. The van der Waals surface area contributed by atoms with Gasteiger partial charge >= 0.3 is 5.97 Å².